The highest BCUT2D eigenvalue weighted by molar-refractivity contribution is 7.18. The van der Waals surface area contributed by atoms with Crippen LogP contribution in [0, 0.1) is 12.7 Å². The molecule has 2 aromatic carbocycles. The number of thiophene rings is 1. The van der Waals surface area contributed by atoms with Gasteiger partial charge in [0.1, 0.15) is 11.6 Å². The van der Waals surface area contributed by atoms with E-state index in [1.165, 1.54) is 12.1 Å². The fourth-order valence-electron chi connectivity index (χ4n) is 2.84. The van der Waals surface area contributed by atoms with Gasteiger partial charge in [0.25, 0.3) is 0 Å². The van der Waals surface area contributed by atoms with Gasteiger partial charge in [-0.15, -0.1) is 11.3 Å². The number of rotatable bonds is 8. The van der Waals surface area contributed by atoms with Crippen molar-refractivity contribution in [3.05, 3.63) is 70.4 Å². The molecular weight excluding hydrogens is 397 g/mol. The molecule has 8 heteroatoms. The summed E-state index contributed by atoms with van der Waals surface area (Å²) in [7, 11) is 0. The largest absolute Gasteiger partial charge is 0.480 e. The van der Waals surface area contributed by atoms with Crippen molar-refractivity contribution in [1.29, 1.82) is 0 Å². The second-order valence-electron chi connectivity index (χ2n) is 6.27. The Labute approximate surface area is 170 Å². The number of carboxylic acid groups (broad SMARTS) is 2. The van der Waals surface area contributed by atoms with Crippen LogP contribution in [0.25, 0.3) is 10.4 Å². The van der Waals surface area contributed by atoms with E-state index in [1.807, 2.05) is 30.3 Å². The van der Waals surface area contributed by atoms with Gasteiger partial charge in [0, 0.05) is 22.7 Å². The lowest BCUT2D eigenvalue weighted by Gasteiger charge is -2.09. The average Bonchev–Trinajstić information content (AvgIpc) is 3.02. The number of carbonyl (C=O) groups is 2. The molecule has 0 aliphatic heterocycles. The number of aromatic carboxylic acids is 1. The van der Waals surface area contributed by atoms with E-state index < -0.39 is 18.5 Å². The Morgan fingerprint density at radius 2 is 1.90 bits per heavy atom. The van der Waals surface area contributed by atoms with Crippen LogP contribution in [0.3, 0.4) is 0 Å². The molecule has 6 nitrogen and oxygen atoms in total. The lowest BCUT2D eigenvalue weighted by Crippen LogP contribution is -2.11. The Balaban J connectivity index is 1.86. The average molecular weight is 415 g/mol. The molecule has 0 radical (unpaired) electrons. The van der Waals surface area contributed by atoms with Crippen LogP contribution in [0.4, 0.5) is 10.1 Å². The smallest absolute Gasteiger partial charge is 0.349 e. The van der Waals surface area contributed by atoms with E-state index in [1.54, 1.807) is 13.0 Å². The summed E-state index contributed by atoms with van der Waals surface area (Å²) in [6.07, 6.45) is 0. The number of anilines is 1. The van der Waals surface area contributed by atoms with Crippen LogP contribution in [-0.2, 0) is 11.3 Å². The predicted molar refractivity (Wildman–Crippen MR) is 108 cm³/mol. The number of hydrogen-bond donors (Lipinski definition) is 3. The molecule has 3 rings (SSSR count). The molecule has 29 heavy (non-hydrogen) atoms. The molecule has 0 saturated carbocycles. The molecule has 0 unspecified atom stereocenters. The maximum absolute atomic E-state index is 13.3. The first-order valence-electron chi connectivity index (χ1n) is 8.65. The Morgan fingerprint density at radius 3 is 2.59 bits per heavy atom. The summed E-state index contributed by atoms with van der Waals surface area (Å²) in [6, 6.07) is 13.6. The maximum Gasteiger partial charge on any atom is 0.349 e. The second-order valence-corrected chi connectivity index (χ2v) is 7.29. The lowest BCUT2D eigenvalue weighted by atomic mass is 10.1. The van der Waals surface area contributed by atoms with Gasteiger partial charge in [-0.25, -0.2) is 14.0 Å². The normalized spacial score (nSPS) is 10.6. The molecule has 150 valence electrons. The molecule has 0 aliphatic rings. The van der Waals surface area contributed by atoms with Crippen molar-refractivity contribution in [2.75, 3.05) is 11.9 Å². The molecule has 0 spiro atoms. The zero-order chi connectivity index (χ0) is 21.0. The summed E-state index contributed by atoms with van der Waals surface area (Å²) < 4.78 is 18.5. The number of benzene rings is 2. The second kappa shape index (κ2) is 8.74. The van der Waals surface area contributed by atoms with Crippen LogP contribution in [0.1, 0.15) is 20.8 Å². The van der Waals surface area contributed by atoms with Crippen LogP contribution < -0.4 is 10.1 Å². The van der Waals surface area contributed by atoms with Crippen LogP contribution in [0.2, 0.25) is 0 Å². The van der Waals surface area contributed by atoms with E-state index in [4.69, 9.17) is 9.84 Å². The summed E-state index contributed by atoms with van der Waals surface area (Å²) in [5.41, 5.74) is 2.91. The van der Waals surface area contributed by atoms with Gasteiger partial charge in [0.05, 0.1) is 0 Å². The number of ether oxygens (including phenoxy) is 1. The molecule has 0 fully saturated rings. The Bertz CT molecular complexity index is 1060. The van der Waals surface area contributed by atoms with Crippen molar-refractivity contribution < 1.29 is 28.9 Å². The summed E-state index contributed by atoms with van der Waals surface area (Å²) in [5, 5.41) is 21.5. The maximum atomic E-state index is 13.3. The van der Waals surface area contributed by atoms with E-state index in [9.17, 15) is 19.1 Å². The number of hydrogen-bond acceptors (Lipinski definition) is 5. The molecule has 0 atom stereocenters. The van der Waals surface area contributed by atoms with E-state index in [2.05, 4.69) is 5.32 Å². The summed E-state index contributed by atoms with van der Waals surface area (Å²) in [5.74, 6) is -2.59. The third-order valence-electron chi connectivity index (χ3n) is 4.14. The molecule has 0 amide bonds. The van der Waals surface area contributed by atoms with E-state index in [0.29, 0.717) is 17.0 Å². The fraction of sp³-hybridized carbons (Fsp3) is 0.143. The molecular formula is C21H18FNO5S. The molecule has 0 saturated heterocycles. The quantitative estimate of drug-likeness (QED) is 0.496. The molecule has 3 N–H and O–H groups in total. The van der Waals surface area contributed by atoms with Crippen molar-refractivity contribution in [2.24, 2.45) is 0 Å². The minimum atomic E-state index is -1.18. The first-order valence-corrected chi connectivity index (χ1v) is 9.47. The van der Waals surface area contributed by atoms with Crippen LogP contribution >= 0.6 is 11.3 Å². The van der Waals surface area contributed by atoms with Gasteiger partial charge in [-0.1, -0.05) is 24.3 Å². The molecule has 0 bridgehead atoms. The molecule has 1 heterocycles. The van der Waals surface area contributed by atoms with Gasteiger partial charge in [-0.3, -0.25) is 0 Å². The minimum Gasteiger partial charge on any atom is -0.480 e. The molecule has 3 aromatic rings. The third kappa shape index (κ3) is 4.91. The topological polar surface area (TPSA) is 95.9 Å². The first kappa shape index (κ1) is 20.3. The highest BCUT2D eigenvalue weighted by Gasteiger charge is 2.23. The van der Waals surface area contributed by atoms with Crippen molar-refractivity contribution in [2.45, 2.75) is 13.5 Å². The highest BCUT2D eigenvalue weighted by atomic mass is 32.1. The van der Waals surface area contributed by atoms with Gasteiger partial charge >= 0.3 is 11.9 Å². The summed E-state index contributed by atoms with van der Waals surface area (Å²) >= 11 is 1.03. The standard InChI is InChI=1S/C21H18FNO5S/c1-12-18(28-11-17(24)25)20(21(26)27)29-19(12)14-5-3-7-16(9-14)23-10-13-4-2-6-15(22)8-13/h2-9,23H,10-11H2,1H3,(H,24,25)(H,26,27). The fourth-order valence-corrected chi connectivity index (χ4v) is 3.93. The van der Waals surface area contributed by atoms with Crippen molar-refractivity contribution >= 4 is 29.0 Å². The number of aliphatic carboxylic acids is 1. The van der Waals surface area contributed by atoms with Crippen molar-refractivity contribution in [1.82, 2.24) is 0 Å². The van der Waals surface area contributed by atoms with Gasteiger partial charge < -0.3 is 20.3 Å². The first-order chi connectivity index (χ1) is 13.8. The van der Waals surface area contributed by atoms with Crippen LogP contribution in [0.15, 0.2) is 48.5 Å². The number of nitrogens with one attached hydrogen (secondary N) is 1. The van der Waals surface area contributed by atoms with Gasteiger partial charge in [-0.05, 0) is 42.3 Å². The van der Waals surface area contributed by atoms with E-state index in [0.717, 1.165) is 28.2 Å². The highest BCUT2D eigenvalue weighted by Crippen LogP contribution is 2.42. The number of carboxylic acids is 2. The zero-order valence-corrected chi connectivity index (χ0v) is 16.3. The van der Waals surface area contributed by atoms with Crippen LogP contribution in [0.5, 0.6) is 5.75 Å². The zero-order valence-electron chi connectivity index (χ0n) is 15.4. The Hall–Kier alpha value is -3.39. The SMILES string of the molecule is Cc1c(-c2cccc(NCc3cccc(F)c3)c2)sc(C(=O)O)c1OCC(=O)O. The minimum absolute atomic E-state index is 0.0446. The number of halogens is 1. The van der Waals surface area contributed by atoms with Crippen LogP contribution in [-0.4, -0.2) is 28.8 Å². The molecule has 1 aromatic heterocycles. The van der Waals surface area contributed by atoms with E-state index in [-0.39, 0.29) is 16.4 Å². The van der Waals surface area contributed by atoms with Crippen molar-refractivity contribution in [3.63, 3.8) is 0 Å². The monoisotopic (exact) mass is 415 g/mol. The van der Waals surface area contributed by atoms with Gasteiger partial charge in [0.2, 0.25) is 0 Å². The molecule has 0 aliphatic carbocycles. The van der Waals surface area contributed by atoms with Crippen molar-refractivity contribution in [3.8, 4) is 16.2 Å². The summed E-state index contributed by atoms with van der Waals surface area (Å²) in [4.78, 5) is 23.0. The van der Waals surface area contributed by atoms with Gasteiger partial charge in [-0.2, -0.15) is 0 Å². The predicted octanol–water partition coefficient (Wildman–Crippen LogP) is 4.64. The summed E-state index contributed by atoms with van der Waals surface area (Å²) in [6.45, 7) is 1.51. The Morgan fingerprint density at radius 1 is 1.14 bits per heavy atom. The van der Waals surface area contributed by atoms with E-state index >= 15 is 0 Å². The Kier molecular flexibility index (Phi) is 6.13. The third-order valence-corrected chi connectivity index (χ3v) is 5.45. The lowest BCUT2D eigenvalue weighted by molar-refractivity contribution is -0.139. The van der Waals surface area contributed by atoms with Gasteiger partial charge in [0.15, 0.2) is 11.5 Å².